The molecule has 0 saturated carbocycles. The summed E-state index contributed by atoms with van der Waals surface area (Å²) in [6.07, 6.45) is -0.240. The average Bonchev–Trinajstić information content (AvgIpc) is 2.23. The maximum absolute atomic E-state index is 13.6. The Morgan fingerprint density at radius 3 is 2.62 bits per heavy atom. The van der Waals surface area contributed by atoms with Gasteiger partial charge in [0.25, 0.3) is 0 Å². The first-order chi connectivity index (χ1) is 7.60. The van der Waals surface area contributed by atoms with Crippen LogP contribution in [0, 0.1) is 11.6 Å². The van der Waals surface area contributed by atoms with Crippen LogP contribution in [0.15, 0.2) is 12.1 Å². The summed E-state index contributed by atoms with van der Waals surface area (Å²) in [5.41, 5.74) is 0.0525. The Balaban J connectivity index is 2.93. The molecule has 0 saturated heterocycles. The van der Waals surface area contributed by atoms with Gasteiger partial charge >= 0.3 is 5.97 Å². The largest absolute Gasteiger partial charge is 0.491 e. The van der Waals surface area contributed by atoms with Crippen molar-refractivity contribution in [2.24, 2.45) is 0 Å². The number of benzene rings is 1. The average molecular weight is 230 g/mol. The first-order valence-corrected chi connectivity index (χ1v) is 4.76. The standard InChI is InChI=1S/C11H12F2O3/c1-3-16-9(14)6-7-4-5-8(12)11(15-2)10(7)13/h4-5H,3,6H2,1-2H3. The molecule has 0 aliphatic carbocycles. The molecule has 0 atom stereocenters. The van der Waals surface area contributed by atoms with Gasteiger partial charge in [0.1, 0.15) is 0 Å². The molecule has 0 aliphatic rings. The Hall–Kier alpha value is -1.65. The number of rotatable bonds is 4. The van der Waals surface area contributed by atoms with Crippen molar-refractivity contribution in [3.63, 3.8) is 0 Å². The van der Waals surface area contributed by atoms with E-state index in [2.05, 4.69) is 9.47 Å². The molecule has 0 spiro atoms. The number of carbonyl (C=O) groups is 1. The van der Waals surface area contributed by atoms with Gasteiger partial charge in [-0.1, -0.05) is 6.07 Å². The van der Waals surface area contributed by atoms with E-state index in [1.54, 1.807) is 6.92 Å². The molecule has 0 N–H and O–H groups in total. The van der Waals surface area contributed by atoms with Crippen molar-refractivity contribution >= 4 is 5.97 Å². The predicted octanol–water partition coefficient (Wildman–Crippen LogP) is 2.08. The monoisotopic (exact) mass is 230 g/mol. The molecule has 0 heterocycles. The molecule has 1 rings (SSSR count). The minimum absolute atomic E-state index is 0.0525. The van der Waals surface area contributed by atoms with E-state index >= 15 is 0 Å². The fraction of sp³-hybridized carbons (Fsp3) is 0.364. The minimum Gasteiger partial charge on any atom is -0.491 e. The molecule has 0 radical (unpaired) electrons. The summed E-state index contributed by atoms with van der Waals surface area (Å²) in [5, 5.41) is 0. The summed E-state index contributed by atoms with van der Waals surface area (Å²) < 4.78 is 35.8. The number of hydrogen-bond acceptors (Lipinski definition) is 3. The lowest BCUT2D eigenvalue weighted by Crippen LogP contribution is -2.09. The highest BCUT2D eigenvalue weighted by Crippen LogP contribution is 2.24. The zero-order valence-corrected chi connectivity index (χ0v) is 9.05. The van der Waals surface area contributed by atoms with E-state index < -0.39 is 23.4 Å². The number of ether oxygens (including phenoxy) is 2. The molecule has 1 aromatic carbocycles. The molecular weight excluding hydrogens is 218 g/mol. The number of hydrogen-bond donors (Lipinski definition) is 0. The number of halogens is 2. The molecular formula is C11H12F2O3. The number of esters is 1. The molecule has 16 heavy (non-hydrogen) atoms. The quantitative estimate of drug-likeness (QED) is 0.743. The Morgan fingerprint density at radius 1 is 1.38 bits per heavy atom. The van der Waals surface area contributed by atoms with E-state index in [0.29, 0.717) is 0 Å². The molecule has 88 valence electrons. The summed E-state index contributed by atoms with van der Waals surface area (Å²) in [6.45, 7) is 1.87. The second kappa shape index (κ2) is 5.44. The van der Waals surface area contributed by atoms with Crippen molar-refractivity contribution < 1.29 is 23.0 Å². The van der Waals surface area contributed by atoms with Gasteiger partial charge in [0.05, 0.1) is 20.1 Å². The SMILES string of the molecule is CCOC(=O)Cc1ccc(F)c(OC)c1F. The minimum atomic E-state index is -0.865. The third-order valence-electron chi connectivity index (χ3n) is 1.97. The summed E-state index contributed by atoms with van der Waals surface area (Å²) in [7, 11) is 1.16. The molecule has 0 amide bonds. The summed E-state index contributed by atoms with van der Waals surface area (Å²) in [5.74, 6) is -2.71. The van der Waals surface area contributed by atoms with Crippen LogP contribution in [-0.2, 0) is 16.0 Å². The van der Waals surface area contributed by atoms with Gasteiger partial charge < -0.3 is 9.47 Å². The lowest BCUT2D eigenvalue weighted by Gasteiger charge is -2.08. The van der Waals surface area contributed by atoms with Crippen LogP contribution in [0.5, 0.6) is 5.75 Å². The highest BCUT2D eigenvalue weighted by Gasteiger charge is 2.16. The van der Waals surface area contributed by atoms with Crippen LogP contribution >= 0.6 is 0 Å². The van der Waals surface area contributed by atoms with Crippen molar-refractivity contribution in [3.05, 3.63) is 29.3 Å². The van der Waals surface area contributed by atoms with Crippen molar-refractivity contribution in [1.82, 2.24) is 0 Å². The van der Waals surface area contributed by atoms with E-state index in [1.165, 1.54) is 6.07 Å². The van der Waals surface area contributed by atoms with Crippen LogP contribution in [0.1, 0.15) is 12.5 Å². The van der Waals surface area contributed by atoms with E-state index in [9.17, 15) is 13.6 Å². The van der Waals surface area contributed by atoms with Gasteiger partial charge in [0.2, 0.25) is 0 Å². The molecule has 0 bridgehead atoms. The molecule has 0 aliphatic heterocycles. The highest BCUT2D eigenvalue weighted by atomic mass is 19.1. The van der Waals surface area contributed by atoms with Crippen LogP contribution in [0.3, 0.4) is 0 Å². The maximum atomic E-state index is 13.6. The molecule has 5 heteroatoms. The fourth-order valence-electron chi connectivity index (χ4n) is 1.26. The van der Waals surface area contributed by atoms with E-state index in [-0.39, 0.29) is 18.6 Å². The van der Waals surface area contributed by atoms with Gasteiger partial charge in [-0.15, -0.1) is 0 Å². The van der Waals surface area contributed by atoms with Crippen molar-refractivity contribution in [1.29, 1.82) is 0 Å². The van der Waals surface area contributed by atoms with Gasteiger partial charge in [-0.2, -0.15) is 0 Å². The van der Waals surface area contributed by atoms with E-state index in [1.807, 2.05) is 0 Å². The smallest absolute Gasteiger partial charge is 0.310 e. The maximum Gasteiger partial charge on any atom is 0.310 e. The number of methoxy groups -OCH3 is 1. The van der Waals surface area contributed by atoms with Crippen molar-refractivity contribution in [2.75, 3.05) is 13.7 Å². The highest BCUT2D eigenvalue weighted by molar-refractivity contribution is 5.72. The molecule has 0 unspecified atom stereocenters. The lowest BCUT2D eigenvalue weighted by molar-refractivity contribution is -0.142. The van der Waals surface area contributed by atoms with Gasteiger partial charge in [0.15, 0.2) is 17.4 Å². The van der Waals surface area contributed by atoms with E-state index in [0.717, 1.165) is 13.2 Å². The van der Waals surface area contributed by atoms with Gasteiger partial charge in [-0.05, 0) is 13.0 Å². The predicted molar refractivity (Wildman–Crippen MR) is 53.2 cm³/mol. The zero-order chi connectivity index (χ0) is 12.1. The third-order valence-corrected chi connectivity index (χ3v) is 1.97. The van der Waals surface area contributed by atoms with Crippen molar-refractivity contribution in [3.8, 4) is 5.75 Å². The fourth-order valence-corrected chi connectivity index (χ4v) is 1.26. The molecule has 3 nitrogen and oxygen atoms in total. The first kappa shape index (κ1) is 12.4. The Morgan fingerprint density at radius 2 is 2.06 bits per heavy atom. The van der Waals surface area contributed by atoms with Crippen LogP contribution in [0.25, 0.3) is 0 Å². The van der Waals surface area contributed by atoms with Crippen molar-refractivity contribution in [2.45, 2.75) is 13.3 Å². The van der Waals surface area contributed by atoms with Gasteiger partial charge in [-0.3, -0.25) is 4.79 Å². The summed E-state index contributed by atoms with van der Waals surface area (Å²) in [4.78, 5) is 11.1. The third kappa shape index (κ3) is 2.68. The second-order valence-corrected chi connectivity index (χ2v) is 3.04. The van der Waals surface area contributed by atoms with Gasteiger partial charge in [-0.25, -0.2) is 8.78 Å². The van der Waals surface area contributed by atoms with Crippen LogP contribution < -0.4 is 4.74 Å². The Kier molecular flexibility index (Phi) is 4.22. The topological polar surface area (TPSA) is 35.5 Å². The van der Waals surface area contributed by atoms with Crippen LogP contribution in [-0.4, -0.2) is 19.7 Å². The Bertz CT molecular complexity index is 391. The molecule has 0 fully saturated rings. The first-order valence-electron chi connectivity index (χ1n) is 4.76. The summed E-state index contributed by atoms with van der Waals surface area (Å²) in [6, 6.07) is 2.25. The Labute approximate surface area is 92.0 Å². The normalized spacial score (nSPS) is 10.0. The molecule has 1 aromatic rings. The zero-order valence-electron chi connectivity index (χ0n) is 9.05. The van der Waals surface area contributed by atoms with Crippen LogP contribution in [0.4, 0.5) is 8.78 Å². The second-order valence-electron chi connectivity index (χ2n) is 3.04. The lowest BCUT2D eigenvalue weighted by atomic mass is 10.1. The molecule has 0 aromatic heterocycles. The van der Waals surface area contributed by atoms with E-state index in [4.69, 9.17) is 0 Å². The number of carbonyl (C=O) groups excluding carboxylic acids is 1. The van der Waals surface area contributed by atoms with Crippen LogP contribution in [0.2, 0.25) is 0 Å². The summed E-state index contributed by atoms with van der Waals surface area (Å²) >= 11 is 0. The van der Waals surface area contributed by atoms with Gasteiger partial charge in [0, 0.05) is 5.56 Å².